The van der Waals surface area contributed by atoms with Gasteiger partial charge in [0, 0.05) is 11.6 Å². The third kappa shape index (κ3) is 3.46. The van der Waals surface area contributed by atoms with E-state index in [9.17, 15) is 4.79 Å². The molecule has 5 heteroatoms. The number of hydrogen-bond donors (Lipinski definition) is 1. The summed E-state index contributed by atoms with van der Waals surface area (Å²) in [6.07, 6.45) is 4.30. The minimum Gasteiger partial charge on any atom is -0.348 e. The molecule has 1 aliphatic carbocycles. The second kappa shape index (κ2) is 6.80. The minimum absolute atomic E-state index is 0.0454. The highest BCUT2D eigenvalue weighted by Crippen LogP contribution is 2.43. The normalized spacial score (nSPS) is 15.1. The van der Waals surface area contributed by atoms with Crippen LogP contribution >= 0.6 is 0 Å². The molecule has 0 radical (unpaired) electrons. The summed E-state index contributed by atoms with van der Waals surface area (Å²) in [5, 5.41) is 8.82. The van der Waals surface area contributed by atoms with Crippen molar-refractivity contribution in [2.24, 2.45) is 0 Å². The van der Waals surface area contributed by atoms with Crippen molar-refractivity contribution in [3.05, 3.63) is 58.4 Å². The number of pyridine rings is 1. The number of amides is 1. The smallest absolute Gasteiger partial charge is 0.242 e. The lowest BCUT2D eigenvalue weighted by atomic mass is 10.0. The average molecular weight is 362 g/mol. The lowest BCUT2D eigenvalue weighted by Crippen LogP contribution is -2.30. The van der Waals surface area contributed by atoms with Crippen molar-refractivity contribution in [3.8, 4) is 0 Å². The van der Waals surface area contributed by atoms with Crippen molar-refractivity contribution in [1.82, 2.24) is 20.1 Å². The molecule has 4 rings (SSSR count). The largest absolute Gasteiger partial charge is 0.348 e. The number of carbonyl (C=O) groups is 1. The first kappa shape index (κ1) is 17.7. The van der Waals surface area contributed by atoms with Crippen LogP contribution in [-0.2, 0) is 11.3 Å². The van der Waals surface area contributed by atoms with Gasteiger partial charge in [0.05, 0.1) is 11.7 Å². The molecule has 0 aliphatic heterocycles. The zero-order valence-corrected chi connectivity index (χ0v) is 16.4. The summed E-state index contributed by atoms with van der Waals surface area (Å²) in [6.45, 7) is 8.36. The summed E-state index contributed by atoms with van der Waals surface area (Å²) in [6, 6.07) is 8.37. The number of carbonyl (C=O) groups excluding carboxylic acids is 1. The van der Waals surface area contributed by atoms with Crippen LogP contribution in [0.15, 0.2) is 30.5 Å². The van der Waals surface area contributed by atoms with Gasteiger partial charge in [0.15, 0.2) is 5.65 Å². The molecule has 3 aromatic rings. The number of aryl methyl sites for hydroxylation is 3. The molecule has 1 amide bonds. The molecule has 0 spiro atoms. The van der Waals surface area contributed by atoms with E-state index in [0.29, 0.717) is 5.92 Å². The van der Waals surface area contributed by atoms with Gasteiger partial charge in [-0.05, 0) is 69.2 Å². The van der Waals surface area contributed by atoms with Crippen molar-refractivity contribution in [1.29, 1.82) is 0 Å². The molecule has 1 N–H and O–H groups in total. The first-order valence-electron chi connectivity index (χ1n) is 9.62. The Hall–Kier alpha value is -2.69. The molecule has 1 atom stereocenters. The highest BCUT2D eigenvalue weighted by molar-refractivity contribution is 5.85. The fourth-order valence-corrected chi connectivity index (χ4v) is 3.97. The summed E-state index contributed by atoms with van der Waals surface area (Å²) < 4.78 is 1.74. The zero-order chi connectivity index (χ0) is 19.1. The highest BCUT2D eigenvalue weighted by Gasteiger charge is 2.27. The summed E-state index contributed by atoms with van der Waals surface area (Å²) >= 11 is 0. The van der Waals surface area contributed by atoms with Gasteiger partial charge in [-0.3, -0.25) is 4.79 Å². The van der Waals surface area contributed by atoms with Crippen LogP contribution in [0, 0.1) is 20.8 Å². The quantitative estimate of drug-likeness (QED) is 0.743. The Kier molecular flexibility index (Phi) is 4.46. The Labute approximate surface area is 159 Å². The van der Waals surface area contributed by atoms with Crippen LogP contribution in [0.25, 0.3) is 11.0 Å². The Morgan fingerprint density at radius 1 is 1.26 bits per heavy atom. The van der Waals surface area contributed by atoms with Crippen molar-refractivity contribution < 1.29 is 4.79 Å². The van der Waals surface area contributed by atoms with Crippen LogP contribution in [0.3, 0.4) is 0 Å². The van der Waals surface area contributed by atoms with Crippen LogP contribution in [0.4, 0.5) is 0 Å². The predicted molar refractivity (Wildman–Crippen MR) is 107 cm³/mol. The van der Waals surface area contributed by atoms with Crippen LogP contribution in [-0.4, -0.2) is 20.7 Å². The number of aromatic nitrogens is 3. The molecule has 0 saturated heterocycles. The van der Waals surface area contributed by atoms with Crippen LogP contribution in [0.2, 0.25) is 0 Å². The van der Waals surface area contributed by atoms with E-state index >= 15 is 0 Å². The summed E-state index contributed by atoms with van der Waals surface area (Å²) in [7, 11) is 0. The van der Waals surface area contributed by atoms with E-state index in [0.717, 1.165) is 22.3 Å². The van der Waals surface area contributed by atoms with E-state index in [1.165, 1.54) is 29.5 Å². The van der Waals surface area contributed by atoms with E-state index < -0.39 is 0 Å². The fraction of sp³-hybridized carbons (Fsp3) is 0.409. The average Bonchev–Trinajstić information content (AvgIpc) is 3.40. The number of fused-ring (bicyclic) bond motifs is 1. The van der Waals surface area contributed by atoms with Gasteiger partial charge in [0.1, 0.15) is 6.54 Å². The molecule has 2 heterocycles. The monoisotopic (exact) mass is 362 g/mol. The number of nitrogens with zero attached hydrogens (tertiary/aromatic N) is 3. The maximum absolute atomic E-state index is 12.7. The lowest BCUT2D eigenvalue weighted by Gasteiger charge is -2.17. The van der Waals surface area contributed by atoms with Gasteiger partial charge in [0.2, 0.25) is 5.91 Å². The zero-order valence-electron chi connectivity index (χ0n) is 16.4. The minimum atomic E-state index is -0.0505. The van der Waals surface area contributed by atoms with E-state index in [1.54, 1.807) is 4.68 Å². The molecule has 2 aromatic heterocycles. The molecule has 1 fully saturated rings. The van der Waals surface area contributed by atoms with Gasteiger partial charge in [-0.2, -0.15) is 5.10 Å². The third-order valence-electron chi connectivity index (χ3n) is 5.42. The van der Waals surface area contributed by atoms with E-state index in [1.807, 2.05) is 20.0 Å². The van der Waals surface area contributed by atoms with Gasteiger partial charge in [0.25, 0.3) is 0 Å². The molecule has 27 heavy (non-hydrogen) atoms. The SMILES string of the molecule is Cc1ccc(C(C)NC(=O)Cn2nc(C)c3c(C4CC4)ccnc32)c(C)c1. The number of benzene rings is 1. The van der Waals surface area contributed by atoms with Gasteiger partial charge >= 0.3 is 0 Å². The van der Waals surface area contributed by atoms with Crippen molar-refractivity contribution in [3.63, 3.8) is 0 Å². The Bertz CT molecular complexity index is 1020. The molecule has 0 bridgehead atoms. The van der Waals surface area contributed by atoms with Gasteiger partial charge < -0.3 is 5.32 Å². The molecule has 1 saturated carbocycles. The molecule has 1 unspecified atom stereocenters. The molecular weight excluding hydrogens is 336 g/mol. The van der Waals surface area contributed by atoms with E-state index in [2.05, 4.69) is 53.5 Å². The van der Waals surface area contributed by atoms with E-state index in [4.69, 9.17) is 0 Å². The van der Waals surface area contributed by atoms with Crippen molar-refractivity contribution in [2.45, 2.75) is 59.0 Å². The number of hydrogen-bond acceptors (Lipinski definition) is 3. The summed E-state index contributed by atoms with van der Waals surface area (Å²) in [4.78, 5) is 17.2. The Balaban J connectivity index is 1.54. The first-order chi connectivity index (χ1) is 12.9. The standard InChI is InChI=1S/C22H26N4O/c1-13-5-8-18(14(2)11-13)15(3)24-20(27)12-26-22-21(16(4)25-26)19(9-10-23-22)17-6-7-17/h5,8-11,15,17H,6-7,12H2,1-4H3,(H,24,27). The number of rotatable bonds is 5. The van der Waals surface area contributed by atoms with Gasteiger partial charge in [-0.15, -0.1) is 0 Å². The second-order valence-corrected chi connectivity index (χ2v) is 7.77. The second-order valence-electron chi connectivity index (χ2n) is 7.77. The van der Waals surface area contributed by atoms with Crippen LogP contribution < -0.4 is 5.32 Å². The number of nitrogens with one attached hydrogen (secondary N) is 1. The van der Waals surface area contributed by atoms with Gasteiger partial charge in [-0.25, -0.2) is 9.67 Å². The van der Waals surface area contributed by atoms with Crippen LogP contribution in [0.1, 0.15) is 59.7 Å². The maximum Gasteiger partial charge on any atom is 0.242 e. The van der Waals surface area contributed by atoms with Crippen molar-refractivity contribution in [2.75, 3.05) is 0 Å². The topological polar surface area (TPSA) is 59.8 Å². The highest BCUT2D eigenvalue weighted by atomic mass is 16.2. The fourth-order valence-electron chi connectivity index (χ4n) is 3.97. The third-order valence-corrected chi connectivity index (χ3v) is 5.42. The first-order valence-corrected chi connectivity index (χ1v) is 9.62. The Morgan fingerprint density at radius 3 is 2.74 bits per heavy atom. The molecule has 5 nitrogen and oxygen atoms in total. The predicted octanol–water partition coefficient (Wildman–Crippen LogP) is 4.11. The molecule has 140 valence electrons. The van der Waals surface area contributed by atoms with E-state index in [-0.39, 0.29) is 18.5 Å². The lowest BCUT2D eigenvalue weighted by molar-refractivity contribution is -0.122. The van der Waals surface area contributed by atoms with Gasteiger partial charge in [-0.1, -0.05) is 23.8 Å². The Morgan fingerprint density at radius 2 is 2.04 bits per heavy atom. The molecular formula is C22H26N4O. The van der Waals surface area contributed by atoms with Crippen LogP contribution in [0.5, 0.6) is 0 Å². The van der Waals surface area contributed by atoms with Crippen molar-refractivity contribution >= 4 is 16.9 Å². The molecule has 1 aromatic carbocycles. The summed E-state index contributed by atoms with van der Waals surface area (Å²) in [5.41, 5.74) is 6.66. The summed E-state index contributed by atoms with van der Waals surface area (Å²) in [5.74, 6) is 0.579. The maximum atomic E-state index is 12.7. The molecule has 1 aliphatic rings.